The van der Waals surface area contributed by atoms with E-state index in [2.05, 4.69) is 46.0 Å². The molecule has 0 aliphatic carbocycles. The second kappa shape index (κ2) is 8.81. The van der Waals surface area contributed by atoms with Gasteiger partial charge in [0.2, 0.25) is 11.1 Å². The van der Waals surface area contributed by atoms with Crippen LogP contribution in [0.25, 0.3) is 5.69 Å². The maximum absolute atomic E-state index is 12.2. The Morgan fingerprint density at radius 3 is 2.59 bits per heavy atom. The second-order valence-corrected chi connectivity index (χ2v) is 7.48. The number of carbonyl (C=O) groups is 1. The summed E-state index contributed by atoms with van der Waals surface area (Å²) in [5.74, 6) is 0.252. The third kappa shape index (κ3) is 5.17. The van der Waals surface area contributed by atoms with Crippen LogP contribution in [-0.4, -0.2) is 38.4 Å². The van der Waals surface area contributed by atoms with Gasteiger partial charge in [0.05, 0.1) is 11.4 Å². The minimum Gasteiger partial charge on any atom is -0.355 e. The highest BCUT2D eigenvalue weighted by Gasteiger charge is 2.12. The van der Waals surface area contributed by atoms with Gasteiger partial charge in [-0.1, -0.05) is 42.1 Å². The number of carbonyl (C=O) groups excluding carboxylic acids is 1. The lowest BCUT2D eigenvalue weighted by Crippen LogP contribution is -2.27. The van der Waals surface area contributed by atoms with Crippen LogP contribution in [0.2, 0.25) is 0 Å². The maximum atomic E-state index is 12.2. The van der Waals surface area contributed by atoms with E-state index < -0.39 is 0 Å². The van der Waals surface area contributed by atoms with Crippen LogP contribution in [0.5, 0.6) is 0 Å². The Labute approximate surface area is 163 Å². The van der Waals surface area contributed by atoms with E-state index in [1.165, 1.54) is 22.9 Å². The fourth-order valence-electron chi connectivity index (χ4n) is 2.91. The van der Waals surface area contributed by atoms with Crippen molar-refractivity contribution < 1.29 is 4.79 Å². The molecule has 0 fully saturated rings. The van der Waals surface area contributed by atoms with Crippen molar-refractivity contribution in [2.75, 3.05) is 12.3 Å². The molecule has 0 aliphatic heterocycles. The summed E-state index contributed by atoms with van der Waals surface area (Å²) in [4.78, 5) is 12.2. The molecular weight excluding hydrogens is 358 g/mol. The molecule has 1 aromatic heterocycles. The van der Waals surface area contributed by atoms with Crippen LogP contribution < -0.4 is 5.32 Å². The minimum atomic E-state index is -0.0245. The smallest absolute Gasteiger partial charge is 0.230 e. The Morgan fingerprint density at radius 2 is 1.85 bits per heavy atom. The Hall–Kier alpha value is -2.67. The molecule has 0 bridgehead atoms. The molecule has 0 unspecified atom stereocenters. The Bertz CT molecular complexity index is 917. The fourth-order valence-corrected chi connectivity index (χ4v) is 3.63. The topological polar surface area (TPSA) is 72.7 Å². The lowest BCUT2D eigenvalue weighted by Gasteiger charge is -2.08. The number of thioether (sulfide) groups is 1. The summed E-state index contributed by atoms with van der Waals surface area (Å²) >= 11 is 1.33. The molecule has 0 aliphatic rings. The van der Waals surface area contributed by atoms with Crippen molar-refractivity contribution in [2.45, 2.75) is 32.3 Å². The molecule has 2 aromatic carbocycles. The van der Waals surface area contributed by atoms with Gasteiger partial charge in [-0.2, -0.15) is 4.68 Å². The zero-order valence-corrected chi connectivity index (χ0v) is 16.6. The molecule has 1 heterocycles. The lowest BCUT2D eigenvalue weighted by molar-refractivity contribution is -0.118. The molecule has 27 heavy (non-hydrogen) atoms. The van der Waals surface area contributed by atoms with Gasteiger partial charge in [0.1, 0.15) is 0 Å². The second-order valence-electron chi connectivity index (χ2n) is 6.53. The number of aryl methyl sites for hydroxylation is 3. The first-order valence-electron chi connectivity index (χ1n) is 8.84. The molecule has 0 radical (unpaired) electrons. The van der Waals surface area contributed by atoms with E-state index in [1.54, 1.807) is 4.68 Å². The number of nitrogens with one attached hydrogen (secondary N) is 1. The first kappa shape index (κ1) is 19.1. The van der Waals surface area contributed by atoms with E-state index in [4.69, 9.17) is 0 Å². The predicted molar refractivity (Wildman–Crippen MR) is 107 cm³/mol. The highest BCUT2D eigenvalue weighted by atomic mass is 32.2. The highest BCUT2D eigenvalue weighted by molar-refractivity contribution is 7.99. The maximum Gasteiger partial charge on any atom is 0.230 e. The largest absolute Gasteiger partial charge is 0.355 e. The minimum absolute atomic E-state index is 0.0245. The molecule has 0 saturated carbocycles. The number of tetrazole rings is 1. The molecule has 3 aromatic rings. The molecule has 140 valence electrons. The quantitative estimate of drug-likeness (QED) is 0.637. The van der Waals surface area contributed by atoms with Crippen molar-refractivity contribution in [2.24, 2.45) is 0 Å². The van der Waals surface area contributed by atoms with Gasteiger partial charge >= 0.3 is 0 Å². The molecule has 0 atom stereocenters. The first-order valence-corrected chi connectivity index (χ1v) is 9.82. The van der Waals surface area contributed by atoms with Crippen LogP contribution >= 0.6 is 11.8 Å². The summed E-state index contributed by atoms with van der Waals surface area (Å²) in [7, 11) is 0. The van der Waals surface area contributed by atoms with Gasteiger partial charge in [0.25, 0.3) is 0 Å². The average molecular weight is 382 g/mol. The van der Waals surface area contributed by atoms with Gasteiger partial charge in [-0.15, -0.1) is 5.10 Å². The summed E-state index contributed by atoms with van der Waals surface area (Å²) in [5.41, 5.74) is 5.69. The number of aromatic nitrogens is 4. The third-order valence-corrected chi connectivity index (χ3v) is 5.12. The summed E-state index contributed by atoms with van der Waals surface area (Å²) in [6.07, 6.45) is 0.823. The molecular formula is C20H23N5OS. The van der Waals surface area contributed by atoms with Crippen molar-refractivity contribution in [3.63, 3.8) is 0 Å². The van der Waals surface area contributed by atoms with E-state index in [0.29, 0.717) is 11.7 Å². The number of hydrogen-bond acceptors (Lipinski definition) is 5. The Kier molecular flexibility index (Phi) is 6.24. The molecule has 7 heteroatoms. The number of hydrogen-bond donors (Lipinski definition) is 1. The van der Waals surface area contributed by atoms with Gasteiger partial charge in [-0.05, 0) is 72.0 Å². The standard InChI is InChI=1S/C20H23N5OS/c1-14-10-15(2)12-18(11-14)25-20(22-23-24-25)27-13-19(26)21-9-8-17-7-5-4-6-16(17)3/h4-7,10-12H,8-9,13H2,1-3H3,(H,21,26). The van der Waals surface area contributed by atoms with Crippen LogP contribution in [-0.2, 0) is 11.2 Å². The monoisotopic (exact) mass is 381 g/mol. The summed E-state index contributed by atoms with van der Waals surface area (Å²) in [6, 6.07) is 14.4. The van der Waals surface area contributed by atoms with Crippen LogP contribution in [0.1, 0.15) is 22.3 Å². The van der Waals surface area contributed by atoms with E-state index in [-0.39, 0.29) is 11.7 Å². The fraction of sp³-hybridized carbons (Fsp3) is 0.300. The predicted octanol–water partition coefficient (Wildman–Crippen LogP) is 3.04. The number of nitrogens with zero attached hydrogens (tertiary/aromatic N) is 4. The Balaban J connectivity index is 1.54. The number of rotatable bonds is 7. The van der Waals surface area contributed by atoms with Crippen molar-refractivity contribution >= 4 is 17.7 Å². The van der Waals surface area contributed by atoms with Crippen LogP contribution in [0, 0.1) is 20.8 Å². The Morgan fingerprint density at radius 1 is 1.11 bits per heavy atom. The molecule has 6 nitrogen and oxygen atoms in total. The van der Waals surface area contributed by atoms with Crippen molar-refractivity contribution in [1.29, 1.82) is 0 Å². The van der Waals surface area contributed by atoms with E-state index in [9.17, 15) is 4.79 Å². The SMILES string of the molecule is Cc1cc(C)cc(-n2nnnc2SCC(=O)NCCc2ccccc2C)c1. The van der Waals surface area contributed by atoms with Gasteiger partial charge in [0.15, 0.2) is 0 Å². The molecule has 0 saturated heterocycles. The molecule has 1 N–H and O–H groups in total. The van der Waals surface area contributed by atoms with Crippen LogP contribution in [0.3, 0.4) is 0 Å². The zero-order valence-electron chi connectivity index (χ0n) is 15.8. The summed E-state index contributed by atoms with van der Waals surface area (Å²) < 4.78 is 1.67. The van der Waals surface area contributed by atoms with Crippen molar-refractivity contribution in [3.05, 3.63) is 64.7 Å². The first-order chi connectivity index (χ1) is 13.0. The normalized spacial score (nSPS) is 10.8. The van der Waals surface area contributed by atoms with Crippen molar-refractivity contribution in [3.8, 4) is 5.69 Å². The molecule has 0 spiro atoms. The van der Waals surface area contributed by atoms with Crippen LogP contribution in [0.4, 0.5) is 0 Å². The average Bonchev–Trinajstić information content (AvgIpc) is 3.09. The molecule has 1 amide bonds. The van der Waals surface area contributed by atoms with Gasteiger partial charge in [0, 0.05) is 6.54 Å². The van der Waals surface area contributed by atoms with Gasteiger partial charge in [-0.3, -0.25) is 4.79 Å². The molecule has 3 rings (SSSR count). The summed E-state index contributed by atoms with van der Waals surface area (Å²) in [6.45, 7) is 6.78. The number of benzene rings is 2. The van der Waals surface area contributed by atoms with Crippen molar-refractivity contribution in [1.82, 2.24) is 25.5 Å². The summed E-state index contributed by atoms with van der Waals surface area (Å²) in [5, 5.41) is 15.4. The van der Waals surface area contributed by atoms with E-state index >= 15 is 0 Å². The lowest BCUT2D eigenvalue weighted by atomic mass is 10.1. The van der Waals surface area contributed by atoms with Gasteiger partial charge in [-0.25, -0.2) is 0 Å². The van der Waals surface area contributed by atoms with E-state index in [0.717, 1.165) is 23.2 Å². The van der Waals surface area contributed by atoms with Gasteiger partial charge < -0.3 is 5.32 Å². The number of amides is 1. The third-order valence-electron chi connectivity index (χ3n) is 4.20. The van der Waals surface area contributed by atoms with Crippen LogP contribution in [0.15, 0.2) is 47.6 Å². The van der Waals surface area contributed by atoms with E-state index in [1.807, 2.05) is 38.1 Å². The zero-order chi connectivity index (χ0) is 19.2. The highest BCUT2D eigenvalue weighted by Crippen LogP contribution is 2.20.